The smallest absolute Gasteiger partial charge is 0.255 e. The number of hydrogen-bond acceptors (Lipinski definition) is 5. The van der Waals surface area contributed by atoms with E-state index in [1.807, 2.05) is 37.3 Å². The lowest BCUT2D eigenvalue weighted by Gasteiger charge is -2.10. The summed E-state index contributed by atoms with van der Waals surface area (Å²) >= 11 is 0. The van der Waals surface area contributed by atoms with Crippen LogP contribution in [0.15, 0.2) is 77.7 Å². The Labute approximate surface area is 185 Å². The molecule has 2 heterocycles. The molecule has 0 atom stereocenters. The highest BCUT2D eigenvalue weighted by molar-refractivity contribution is 6.04. The topological polar surface area (TPSA) is 97.0 Å². The molecule has 0 fully saturated rings. The van der Waals surface area contributed by atoms with Gasteiger partial charge in [0.25, 0.3) is 11.5 Å². The van der Waals surface area contributed by atoms with Gasteiger partial charge in [-0.15, -0.1) is 0 Å². The van der Waals surface area contributed by atoms with Crippen molar-refractivity contribution in [2.45, 2.75) is 20.5 Å². The zero-order valence-electron chi connectivity index (χ0n) is 17.8. The highest BCUT2D eigenvalue weighted by Gasteiger charge is 2.09. The van der Waals surface area contributed by atoms with Gasteiger partial charge in [-0.05, 0) is 55.8 Å². The third-order valence-electron chi connectivity index (χ3n) is 4.74. The number of H-pyrrole nitrogens is 1. The monoisotopic (exact) mass is 426 g/mol. The molecular formula is C25H22N4O3. The maximum absolute atomic E-state index is 12.8. The van der Waals surface area contributed by atoms with E-state index in [1.54, 1.807) is 43.5 Å². The van der Waals surface area contributed by atoms with Gasteiger partial charge in [-0.3, -0.25) is 14.6 Å². The summed E-state index contributed by atoms with van der Waals surface area (Å²) in [6, 6.07) is 19.6. The number of rotatable bonds is 6. The minimum Gasteiger partial charge on any atom is -0.487 e. The zero-order chi connectivity index (χ0) is 22.5. The lowest BCUT2D eigenvalue weighted by atomic mass is 10.1. The normalized spacial score (nSPS) is 10.6. The van der Waals surface area contributed by atoms with Crippen molar-refractivity contribution in [1.82, 2.24) is 15.0 Å². The number of aromatic amines is 1. The Morgan fingerprint density at radius 1 is 1.00 bits per heavy atom. The molecule has 7 heteroatoms. The van der Waals surface area contributed by atoms with E-state index in [4.69, 9.17) is 4.74 Å². The van der Waals surface area contributed by atoms with Crippen molar-refractivity contribution in [2.75, 3.05) is 5.32 Å². The van der Waals surface area contributed by atoms with E-state index in [0.29, 0.717) is 40.7 Å². The van der Waals surface area contributed by atoms with Gasteiger partial charge in [-0.1, -0.05) is 24.3 Å². The van der Waals surface area contributed by atoms with Crippen LogP contribution < -0.4 is 15.6 Å². The van der Waals surface area contributed by atoms with Gasteiger partial charge in [-0.25, -0.2) is 4.98 Å². The number of aromatic nitrogens is 3. The number of carbonyl (C=O) groups is 1. The van der Waals surface area contributed by atoms with Crippen LogP contribution in [0.1, 0.15) is 27.3 Å². The average Bonchev–Trinajstić information content (AvgIpc) is 2.78. The molecule has 4 rings (SSSR count). The van der Waals surface area contributed by atoms with Crippen LogP contribution in [0.5, 0.6) is 5.75 Å². The van der Waals surface area contributed by atoms with Crippen molar-refractivity contribution in [1.29, 1.82) is 0 Å². The SMILES string of the molecule is Cc1ccc(OCc2cccc(C(=O)Nc3cccc(-c4nc(C)cc(=O)[nH]4)c3)c2)cn1. The molecule has 0 spiro atoms. The number of carbonyl (C=O) groups excluding carboxylic acids is 1. The Hall–Kier alpha value is -4.26. The highest BCUT2D eigenvalue weighted by atomic mass is 16.5. The number of nitrogens with one attached hydrogen (secondary N) is 2. The van der Waals surface area contributed by atoms with Crippen LogP contribution in [0, 0.1) is 13.8 Å². The second-order valence-electron chi connectivity index (χ2n) is 7.39. The standard InChI is InChI=1S/C25H22N4O3/c1-16-9-10-22(14-26-16)32-15-18-5-3-7-20(12-18)25(31)28-21-8-4-6-19(13-21)24-27-17(2)11-23(30)29-24/h3-14H,15H2,1-2H3,(H,28,31)(H,27,29,30). The van der Waals surface area contributed by atoms with E-state index in [1.165, 1.54) is 6.07 Å². The molecule has 0 aliphatic rings. The van der Waals surface area contributed by atoms with Gasteiger partial charge in [0.15, 0.2) is 0 Å². The van der Waals surface area contributed by atoms with Gasteiger partial charge in [0.1, 0.15) is 18.2 Å². The molecule has 0 bridgehead atoms. The maximum atomic E-state index is 12.8. The summed E-state index contributed by atoms with van der Waals surface area (Å²) in [6.07, 6.45) is 1.68. The largest absolute Gasteiger partial charge is 0.487 e. The predicted molar refractivity (Wildman–Crippen MR) is 123 cm³/mol. The fraction of sp³-hybridized carbons (Fsp3) is 0.120. The lowest BCUT2D eigenvalue weighted by molar-refractivity contribution is 0.102. The van der Waals surface area contributed by atoms with Crippen molar-refractivity contribution < 1.29 is 9.53 Å². The van der Waals surface area contributed by atoms with E-state index >= 15 is 0 Å². The molecule has 1 amide bonds. The fourth-order valence-electron chi connectivity index (χ4n) is 3.17. The summed E-state index contributed by atoms with van der Waals surface area (Å²) in [4.78, 5) is 35.8. The number of benzene rings is 2. The van der Waals surface area contributed by atoms with Crippen LogP contribution in [0.2, 0.25) is 0 Å². The van der Waals surface area contributed by atoms with Gasteiger partial charge >= 0.3 is 0 Å². The number of hydrogen-bond donors (Lipinski definition) is 2. The first-order chi connectivity index (χ1) is 15.5. The van der Waals surface area contributed by atoms with Crippen LogP contribution in [-0.2, 0) is 6.61 Å². The average molecular weight is 426 g/mol. The first kappa shape index (κ1) is 21.0. The second-order valence-corrected chi connectivity index (χ2v) is 7.39. The van der Waals surface area contributed by atoms with Crippen molar-refractivity contribution in [3.05, 3.63) is 106 Å². The minimum absolute atomic E-state index is 0.220. The van der Waals surface area contributed by atoms with Crippen LogP contribution in [0.3, 0.4) is 0 Å². The summed E-state index contributed by atoms with van der Waals surface area (Å²) in [7, 11) is 0. The van der Waals surface area contributed by atoms with Crippen molar-refractivity contribution in [3.63, 3.8) is 0 Å². The van der Waals surface area contributed by atoms with Gasteiger partial charge < -0.3 is 15.0 Å². The van der Waals surface area contributed by atoms with Gasteiger partial charge in [0.2, 0.25) is 0 Å². The molecule has 0 saturated carbocycles. The summed E-state index contributed by atoms with van der Waals surface area (Å²) in [5.41, 5.74) is 4.02. The van der Waals surface area contributed by atoms with Gasteiger partial charge in [-0.2, -0.15) is 0 Å². The molecule has 0 saturated heterocycles. The van der Waals surface area contributed by atoms with Crippen molar-refractivity contribution >= 4 is 11.6 Å². The van der Waals surface area contributed by atoms with Gasteiger partial charge in [0, 0.05) is 34.3 Å². The molecule has 160 valence electrons. The summed E-state index contributed by atoms with van der Waals surface area (Å²) < 4.78 is 5.75. The number of nitrogens with zero attached hydrogens (tertiary/aromatic N) is 2. The van der Waals surface area contributed by atoms with E-state index in [2.05, 4.69) is 20.3 Å². The van der Waals surface area contributed by atoms with Crippen molar-refractivity contribution in [2.24, 2.45) is 0 Å². The van der Waals surface area contributed by atoms with E-state index in [-0.39, 0.29) is 11.5 Å². The molecule has 32 heavy (non-hydrogen) atoms. The number of amides is 1. The Morgan fingerprint density at radius 3 is 2.62 bits per heavy atom. The Kier molecular flexibility index (Phi) is 6.07. The zero-order valence-corrected chi connectivity index (χ0v) is 17.8. The number of anilines is 1. The molecular weight excluding hydrogens is 404 g/mol. The lowest BCUT2D eigenvalue weighted by Crippen LogP contribution is -2.13. The van der Waals surface area contributed by atoms with E-state index in [0.717, 1.165) is 11.3 Å². The van der Waals surface area contributed by atoms with Gasteiger partial charge in [0.05, 0.1) is 6.20 Å². The molecule has 0 unspecified atom stereocenters. The summed E-state index contributed by atoms with van der Waals surface area (Å²) in [5.74, 6) is 0.882. The Morgan fingerprint density at radius 2 is 1.84 bits per heavy atom. The van der Waals surface area contributed by atoms with Crippen LogP contribution in [-0.4, -0.2) is 20.9 Å². The quantitative estimate of drug-likeness (QED) is 0.480. The molecule has 0 aliphatic carbocycles. The third kappa shape index (κ3) is 5.26. The minimum atomic E-state index is -0.244. The molecule has 2 N–H and O–H groups in total. The molecule has 0 aliphatic heterocycles. The van der Waals surface area contributed by atoms with Crippen LogP contribution in [0.4, 0.5) is 5.69 Å². The fourth-order valence-corrected chi connectivity index (χ4v) is 3.17. The van der Waals surface area contributed by atoms with Crippen LogP contribution in [0.25, 0.3) is 11.4 Å². The molecule has 7 nitrogen and oxygen atoms in total. The number of pyridine rings is 1. The summed E-state index contributed by atoms with van der Waals surface area (Å²) in [5, 5.41) is 2.90. The maximum Gasteiger partial charge on any atom is 0.255 e. The molecule has 0 radical (unpaired) electrons. The first-order valence-electron chi connectivity index (χ1n) is 10.1. The van der Waals surface area contributed by atoms with E-state index < -0.39 is 0 Å². The Balaban J connectivity index is 1.46. The second kappa shape index (κ2) is 9.26. The van der Waals surface area contributed by atoms with Crippen molar-refractivity contribution in [3.8, 4) is 17.1 Å². The first-order valence-corrected chi connectivity index (χ1v) is 10.1. The third-order valence-corrected chi connectivity index (χ3v) is 4.74. The summed E-state index contributed by atoms with van der Waals surface area (Å²) in [6.45, 7) is 4.00. The molecule has 2 aromatic heterocycles. The molecule has 2 aromatic carbocycles. The van der Waals surface area contributed by atoms with Crippen LogP contribution >= 0.6 is 0 Å². The van der Waals surface area contributed by atoms with E-state index in [9.17, 15) is 9.59 Å². The highest BCUT2D eigenvalue weighted by Crippen LogP contribution is 2.20. The predicted octanol–water partition coefficient (Wildman–Crippen LogP) is 4.28. The number of aryl methyl sites for hydroxylation is 2. The molecule has 4 aromatic rings. The number of ether oxygens (including phenoxy) is 1. The Bertz CT molecular complexity index is 1310.